The molecule has 1 fully saturated rings. The molecule has 1 aromatic rings. The molecule has 1 saturated carbocycles. The minimum atomic E-state index is -0.310. The van der Waals surface area contributed by atoms with Crippen molar-refractivity contribution in [1.29, 1.82) is 0 Å². The fourth-order valence-corrected chi connectivity index (χ4v) is 2.78. The monoisotopic (exact) mass is 262 g/mol. The predicted molar refractivity (Wildman–Crippen MR) is 72.1 cm³/mol. The van der Waals surface area contributed by atoms with Crippen LogP contribution < -0.4 is 5.73 Å². The molecule has 1 atom stereocenters. The Morgan fingerprint density at radius 2 is 2.26 bits per heavy atom. The highest BCUT2D eigenvalue weighted by Crippen LogP contribution is 2.39. The molecule has 0 aromatic carbocycles. The third-order valence-electron chi connectivity index (χ3n) is 4.22. The fourth-order valence-electron chi connectivity index (χ4n) is 2.78. The first-order valence-electron chi connectivity index (χ1n) is 6.85. The second kappa shape index (κ2) is 4.47. The lowest BCUT2D eigenvalue weighted by Crippen LogP contribution is -2.50. The average molecular weight is 262 g/mol. The van der Waals surface area contributed by atoms with Crippen LogP contribution in [0.4, 0.5) is 4.39 Å². The van der Waals surface area contributed by atoms with Gasteiger partial charge in [-0.05, 0) is 37.3 Å². The van der Waals surface area contributed by atoms with Crippen molar-refractivity contribution in [2.24, 2.45) is 16.6 Å². The number of nitrogens with zero attached hydrogens (tertiary/aromatic N) is 3. The predicted octanol–water partition coefficient (Wildman–Crippen LogP) is 1.87. The lowest BCUT2D eigenvalue weighted by molar-refractivity contribution is 0.181. The van der Waals surface area contributed by atoms with Crippen molar-refractivity contribution < 1.29 is 4.39 Å². The number of hydrogen-bond donors (Lipinski definition) is 1. The number of aliphatic imine (C=N–C) groups is 1. The van der Waals surface area contributed by atoms with Crippen molar-refractivity contribution in [2.75, 3.05) is 13.1 Å². The van der Waals surface area contributed by atoms with Crippen LogP contribution in [0.3, 0.4) is 0 Å². The number of hydrogen-bond acceptors (Lipinski definition) is 4. The molecule has 2 N–H and O–H groups in total. The standard InChI is InChI=1S/C14H19FN4/c1-2-14(12-6-5-11(15)7-17-12)9-18-13(16)19(14)8-10-3-4-10/h5-7,10H,2-4,8-9H2,1H3,(H2,16,18). The summed E-state index contributed by atoms with van der Waals surface area (Å²) in [5, 5.41) is 0. The molecule has 1 unspecified atom stereocenters. The van der Waals surface area contributed by atoms with E-state index >= 15 is 0 Å². The first kappa shape index (κ1) is 12.4. The molecule has 1 aliphatic carbocycles. The number of guanidine groups is 1. The Labute approximate surface area is 112 Å². The Morgan fingerprint density at radius 1 is 1.47 bits per heavy atom. The van der Waals surface area contributed by atoms with Crippen molar-refractivity contribution >= 4 is 5.96 Å². The molecule has 5 heteroatoms. The van der Waals surface area contributed by atoms with Gasteiger partial charge >= 0.3 is 0 Å². The third kappa shape index (κ3) is 2.07. The van der Waals surface area contributed by atoms with E-state index in [1.807, 2.05) is 0 Å². The maximum atomic E-state index is 13.1. The summed E-state index contributed by atoms with van der Waals surface area (Å²) in [7, 11) is 0. The molecule has 0 spiro atoms. The van der Waals surface area contributed by atoms with Gasteiger partial charge in [-0.2, -0.15) is 0 Å². The van der Waals surface area contributed by atoms with Gasteiger partial charge in [0, 0.05) is 6.54 Å². The van der Waals surface area contributed by atoms with Crippen LogP contribution in [0.1, 0.15) is 31.9 Å². The van der Waals surface area contributed by atoms with Gasteiger partial charge in [-0.1, -0.05) is 6.92 Å². The summed E-state index contributed by atoms with van der Waals surface area (Å²) in [5.74, 6) is 1.01. The van der Waals surface area contributed by atoms with Crippen molar-refractivity contribution in [3.8, 4) is 0 Å². The molecule has 2 aliphatic rings. The minimum Gasteiger partial charge on any atom is -0.370 e. The lowest BCUT2D eigenvalue weighted by Gasteiger charge is -2.38. The number of rotatable bonds is 4. The molecule has 1 aliphatic heterocycles. The Bertz CT molecular complexity index is 495. The van der Waals surface area contributed by atoms with Crippen molar-refractivity contribution in [1.82, 2.24) is 9.88 Å². The van der Waals surface area contributed by atoms with Crippen LogP contribution in [-0.2, 0) is 5.54 Å². The van der Waals surface area contributed by atoms with E-state index in [2.05, 4.69) is 21.8 Å². The minimum absolute atomic E-state index is 0.291. The summed E-state index contributed by atoms with van der Waals surface area (Å²) in [5.41, 5.74) is 6.62. The van der Waals surface area contributed by atoms with Gasteiger partial charge in [0.2, 0.25) is 0 Å². The second-order valence-corrected chi connectivity index (χ2v) is 5.48. The first-order chi connectivity index (χ1) is 9.15. The molecule has 0 bridgehead atoms. The summed E-state index contributed by atoms with van der Waals surface area (Å²) >= 11 is 0. The molecular formula is C14H19FN4. The Morgan fingerprint density at radius 3 is 2.84 bits per heavy atom. The lowest BCUT2D eigenvalue weighted by atomic mass is 9.90. The second-order valence-electron chi connectivity index (χ2n) is 5.48. The highest BCUT2D eigenvalue weighted by molar-refractivity contribution is 5.81. The highest BCUT2D eigenvalue weighted by Gasteiger charge is 2.45. The van der Waals surface area contributed by atoms with Crippen LogP contribution in [0.2, 0.25) is 0 Å². The van der Waals surface area contributed by atoms with E-state index in [4.69, 9.17) is 5.73 Å². The topological polar surface area (TPSA) is 54.5 Å². The molecule has 0 radical (unpaired) electrons. The van der Waals surface area contributed by atoms with Crippen molar-refractivity contribution in [3.05, 3.63) is 29.8 Å². The number of pyridine rings is 1. The van der Waals surface area contributed by atoms with Crippen LogP contribution in [0, 0.1) is 11.7 Å². The molecule has 102 valence electrons. The Balaban J connectivity index is 1.94. The normalized spacial score (nSPS) is 26.6. The molecule has 0 saturated heterocycles. The number of aromatic nitrogens is 1. The van der Waals surface area contributed by atoms with E-state index in [0.29, 0.717) is 12.5 Å². The Hall–Kier alpha value is -1.65. The van der Waals surface area contributed by atoms with Gasteiger partial charge in [0.15, 0.2) is 5.96 Å². The number of nitrogens with two attached hydrogens (primary N) is 1. The largest absolute Gasteiger partial charge is 0.370 e. The summed E-state index contributed by atoms with van der Waals surface area (Å²) < 4.78 is 13.1. The van der Waals surface area contributed by atoms with Crippen LogP contribution in [0.15, 0.2) is 23.3 Å². The molecule has 0 amide bonds. The van der Waals surface area contributed by atoms with Crippen LogP contribution >= 0.6 is 0 Å². The van der Waals surface area contributed by atoms with Gasteiger partial charge < -0.3 is 10.6 Å². The molecule has 1 aromatic heterocycles. The van der Waals surface area contributed by atoms with Crippen LogP contribution in [0.5, 0.6) is 0 Å². The summed E-state index contributed by atoms with van der Waals surface area (Å²) in [6.45, 7) is 3.65. The van der Waals surface area contributed by atoms with E-state index in [1.165, 1.54) is 25.1 Å². The van der Waals surface area contributed by atoms with Crippen LogP contribution in [0.25, 0.3) is 0 Å². The van der Waals surface area contributed by atoms with E-state index in [1.54, 1.807) is 6.07 Å². The molecular weight excluding hydrogens is 243 g/mol. The zero-order chi connectivity index (χ0) is 13.5. The fraction of sp³-hybridized carbons (Fsp3) is 0.571. The van der Waals surface area contributed by atoms with E-state index < -0.39 is 0 Å². The van der Waals surface area contributed by atoms with E-state index in [9.17, 15) is 4.39 Å². The van der Waals surface area contributed by atoms with Gasteiger partial charge in [0.05, 0.1) is 18.4 Å². The number of halogens is 1. The highest BCUT2D eigenvalue weighted by atomic mass is 19.1. The zero-order valence-corrected chi connectivity index (χ0v) is 11.1. The third-order valence-corrected chi connectivity index (χ3v) is 4.22. The average Bonchev–Trinajstić information content (AvgIpc) is 3.18. The van der Waals surface area contributed by atoms with E-state index in [0.717, 1.165) is 24.6 Å². The van der Waals surface area contributed by atoms with Gasteiger partial charge in [0.1, 0.15) is 11.4 Å². The maximum Gasteiger partial charge on any atom is 0.192 e. The summed E-state index contributed by atoms with van der Waals surface area (Å²) in [4.78, 5) is 10.8. The van der Waals surface area contributed by atoms with Gasteiger partial charge in [-0.25, -0.2) is 4.39 Å². The smallest absolute Gasteiger partial charge is 0.192 e. The van der Waals surface area contributed by atoms with Gasteiger partial charge in [-0.15, -0.1) is 0 Å². The van der Waals surface area contributed by atoms with E-state index in [-0.39, 0.29) is 11.4 Å². The van der Waals surface area contributed by atoms with Crippen LogP contribution in [-0.4, -0.2) is 28.9 Å². The first-order valence-corrected chi connectivity index (χ1v) is 6.85. The van der Waals surface area contributed by atoms with Gasteiger partial charge in [-0.3, -0.25) is 9.98 Å². The molecule has 2 heterocycles. The molecule has 3 rings (SSSR count). The summed E-state index contributed by atoms with van der Waals surface area (Å²) in [6.07, 6.45) is 4.67. The van der Waals surface area contributed by atoms with Crippen molar-refractivity contribution in [3.63, 3.8) is 0 Å². The molecule has 4 nitrogen and oxygen atoms in total. The SMILES string of the molecule is CCC1(c2ccc(F)cn2)CN=C(N)N1CC1CC1. The van der Waals surface area contributed by atoms with Crippen molar-refractivity contribution in [2.45, 2.75) is 31.7 Å². The Kier molecular flexibility index (Phi) is 2.92. The summed E-state index contributed by atoms with van der Waals surface area (Å²) in [6, 6.07) is 3.22. The molecule has 19 heavy (non-hydrogen) atoms. The zero-order valence-electron chi connectivity index (χ0n) is 11.1. The quantitative estimate of drug-likeness (QED) is 0.901. The maximum absolute atomic E-state index is 13.1. The van der Waals surface area contributed by atoms with Gasteiger partial charge in [0.25, 0.3) is 0 Å².